The molecule has 7 heteroatoms. The van der Waals surface area contributed by atoms with Crippen LogP contribution in [0.15, 0.2) is 24.4 Å². The third kappa shape index (κ3) is 2.62. The molecule has 2 aromatic rings. The molecular weight excluding hydrogens is 256 g/mol. The van der Waals surface area contributed by atoms with E-state index in [1.165, 1.54) is 0 Å². The van der Waals surface area contributed by atoms with Crippen LogP contribution in [0.1, 0.15) is 0 Å². The highest BCUT2D eigenvalue weighted by molar-refractivity contribution is 5.63. The minimum atomic E-state index is 0.164. The normalized spacial score (nSPS) is 15.3. The van der Waals surface area contributed by atoms with Gasteiger partial charge in [-0.05, 0) is 12.1 Å². The summed E-state index contributed by atoms with van der Waals surface area (Å²) in [5.74, 6) is 1.45. The van der Waals surface area contributed by atoms with E-state index in [0.29, 0.717) is 11.5 Å². The van der Waals surface area contributed by atoms with Crippen molar-refractivity contribution < 1.29 is 4.74 Å². The molecule has 0 aromatic carbocycles. The Morgan fingerprint density at radius 3 is 2.55 bits per heavy atom. The van der Waals surface area contributed by atoms with E-state index in [-0.39, 0.29) is 5.95 Å². The lowest BCUT2D eigenvalue weighted by molar-refractivity contribution is 0.122. The van der Waals surface area contributed by atoms with Gasteiger partial charge in [-0.1, -0.05) is 0 Å². The second-order valence-electron chi connectivity index (χ2n) is 4.54. The highest BCUT2D eigenvalue weighted by Crippen LogP contribution is 2.21. The van der Waals surface area contributed by atoms with Crippen LogP contribution in [0.5, 0.6) is 0 Å². The van der Waals surface area contributed by atoms with Gasteiger partial charge in [0.2, 0.25) is 5.95 Å². The van der Waals surface area contributed by atoms with E-state index >= 15 is 0 Å². The largest absolute Gasteiger partial charge is 0.384 e. The first kappa shape index (κ1) is 12.6. The summed E-state index contributed by atoms with van der Waals surface area (Å²) in [6, 6.07) is 5.61. The Bertz CT molecular complexity index is 574. The van der Waals surface area contributed by atoms with E-state index in [2.05, 4.69) is 19.9 Å². The van der Waals surface area contributed by atoms with Crippen molar-refractivity contribution in [1.82, 2.24) is 15.0 Å². The fraction of sp³-hybridized carbons (Fsp3) is 0.308. The Kier molecular flexibility index (Phi) is 3.34. The summed E-state index contributed by atoms with van der Waals surface area (Å²) in [4.78, 5) is 14.7. The van der Waals surface area contributed by atoms with E-state index in [1.807, 2.05) is 12.1 Å². The minimum Gasteiger partial charge on any atom is -0.384 e. The predicted molar refractivity (Wildman–Crippen MR) is 77.1 cm³/mol. The van der Waals surface area contributed by atoms with Gasteiger partial charge in [-0.25, -0.2) is 9.97 Å². The van der Waals surface area contributed by atoms with E-state index in [4.69, 9.17) is 16.2 Å². The maximum absolute atomic E-state index is 5.67. The molecule has 1 saturated heterocycles. The van der Waals surface area contributed by atoms with Crippen molar-refractivity contribution in [2.24, 2.45) is 0 Å². The van der Waals surface area contributed by atoms with Crippen molar-refractivity contribution >= 4 is 17.6 Å². The summed E-state index contributed by atoms with van der Waals surface area (Å²) >= 11 is 0. The molecule has 20 heavy (non-hydrogen) atoms. The zero-order valence-electron chi connectivity index (χ0n) is 11.0. The average molecular weight is 272 g/mol. The number of nitrogens with two attached hydrogens (primary N) is 2. The number of anilines is 3. The van der Waals surface area contributed by atoms with Gasteiger partial charge in [0, 0.05) is 30.9 Å². The molecule has 7 nitrogen and oxygen atoms in total. The molecule has 0 aliphatic carbocycles. The van der Waals surface area contributed by atoms with Crippen LogP contribution in [0.3, 0.4) is 0 Å². The van der Waals surface area contributed by atoms with E-state index in [1.54, 1.807) is 12.3 Å². The molecule has 0 amide bonds. The monoisotopic (exact) mass is 272 g/mol. The molecular formula is C13H16N6O. The van der Waals surface area contributed by atoms with Crippen LogP contribution in [0.2, 0.25) is 0 Å². The maximum atomic E-state index is 5.67. The van der Waals surface area contributed by atoms with Gasteiger partial charge < -0.3 is 21.1 Å². The molecule has 0 spiro atoms. The first-order valence-corrected chi connectivity index (χ1v) is 6.41. The molecule has 0 radical (unpaired) electrons. The molecule has 0 atom stereocenters. The number of hydrogen-bond donors (Lipinski definition) is 2. The van der Waals surface area contributed by atoms with Crippen molar-refractivity contribution in [3.8, 4) is 11.3 Å². The lowest BCUT2D eigenvalue weighted by atomic mass is 10.2. The van der Waals surface area contributed by atoms with Gasteiger partial charge in [0.1, 0.15) is 11.6 Å². The number of aromatic nitrogens is 3. The summed E-state index contributed by atoms with van der Waals surface area (Å²) in [6.45, 7) is 3.20. The molecule has 1 aliphatic heterocycles. The number of rotatable bonds is 2. The van der Waals surface area contributed by atoms with Gasteiger partial charge in [-0.15, -0.1) is 0 Å². The first-order valence-electron chi connectivity index (χ1n) is 6.41. The third-order valence-corrected chi connectivity index (χ3v) is 3.14. The van der Waals surface area contributed by atoms with E-state index < -0.39 is 0 Å². The number of morpholine rings is 1. The van der Waals surface area contributed by atoms with Crippen LogP contribution in [-0.2, 0) is 4.74 Å². The van der Waals surface area contributed by atoms with Crippen LogP contribution in [0, 0.1) is 0 Å². The number of nitrogens with zero attached hydrogens (tertiary/aromatic N) is 4. The Morgan fingerprint density at radius 2 is 1.90 bits per heavy atom. The first-order chi connectivity index (χ1) is 9.72. The van der Waals surface area contributed by atoms with Crippen molar-refractivity contribution in [2.45, 2.75) is 0 Å². The fourth-order valence-electron chi connectivity index (χ4n) is 2.15. The number of ether oxygens (including phenoxy) is 1. The fourth-order valence-corrected chi connectivity index (χ4v) is 2.15. The van der Waals surface area contributed by atoms with Gasteiger partial charge in [-0.2, -0.15) is 4.98 Å². The summed E-state index contributed by atoms with van der Waals surface area (Å²) in [5.41, 5.74) is 12.8. The predicted octanol–water partition coefficient (Wildman–Crippen LogP) is 0.540. The highest BCUT2D eigenvalue weighted by atomic mass is 16.5. The van der Waals surface area contributed by atoms with Crippen molar-refractivity contribution in [1.29, 1.82) is 0 Å². The van der Waals surface area contributed by atoms with E-state index in [9.17, 15) is 0 Å². The molecule has 1 aliphatic rings. The van der Waals surface area contributed by atoms with Crippen LogP contribution < -0.4 is 16.4 Å². The Balaban J connectivity index is 1.85. The van der Waals surface area contributed by atoms with Crippen molar-refractivity contribution in [3.63, 3.8) is 0 Å². The number of hydrogen-bond acceptors (Lipinski definition) is 7. The lowest BCUT2D eigenvalue weighted by Crippen LogP contribution is -2.36. The summed E-state index contributed by atoms with van der Waals surface area (Å²) < 4.78 is 5.33. The molecule has 0 bridgehead atoms. The summed E-state index contributed by atoms with van der Waals surface area (Å²) in [5, 5.41) is 0. The zero-order valence-corrected chi connectivity index (χ0v) is 11.0. The quantitative estimate of drug-likeness (QED) is 0.822. The molecule has 3 rings (SSSR count). The Labute approximate surface area is 116 Å². The average Bonchev–Trinajstić information content (AvgIpc) is 2.47. The van der Waals surface area contributed by atoms with Gasteiger partial charge in [0.05, 0.1) is 18.9 Å². The van der Waals surface area contributed by atoms with Crippen LogP contribution in [0.4, 0.5) is 17.6 Å². The van der Waals surface area contributed by atoms with Crippen molar-refractivity contribution in [3.05, 3.63) is 24.4 Å². The van der Waals surface area contributed by atoms with Gasteiger partial charge in [-0.3, -0.25) is 0 Å². The van der Waals surface area contributed by atoms with Crippen LogP contribution >= 0.6 is 0 Å². The molecule has 3 heterocycles. The van der Waals surface area contributed by atoms with Gasteiger partial charge in [0.25, 0.3) is 0 Å². The minimum absolute atomic E-state index is 0.164. The molecule has 104 valence electrons. The van der Waals surface area contributed by atoms with Gasteiger partial charge in [0.15, 0.2) is 0 Å². The van der Waals surface area contributed by atoms with Crippen LogP contribution in [0.25, 0.3) is 11.3 Å². The molecule has 1 fully saturated rings. The third-order valence-electron chi connectivity index (χ3n) is 3.14. The van der Waals surface area contributed by atoms with Crippen molar-refractivity contribution in [2.75, 3.05) is 42.7 Å². The zero-order chi connectivity index (χ0) is 13.9. The van der Waals surface area contributed by atoms with E-state index in [0.717, 1.165) is 37.7 Å². The molecule has 0 saturated carbocycles. The maximum Gasteiger partial charge on any atom is 0.222 e. The summed E-state index contributed by atoms with van der Waals surface area (Å²) in [6.07, 6.45) is 1.77. The smallest absolute Gasteiger partial charge is 0.222 e. The SMILES string of the molecule is Nc1cc(-c2ccc(N3CCOCC3)nc2)nc(N)n1. The topological polar surface area (TPSA) is 103 Å². The Hall–Kier alpha value is -2.41. The molecule has 4 N–H and O–H groups in total. The summed E-state index contributed by atoms with van der Waals surface area (Å²) in [7, 11) is 0. The Morgan fingerprint density at radius 1 is 1.10 bits per heavy atom. The second kappa shape index (κ2) is 5.30. The lowest BCUT2D eigenvalue weighted by Gasteiger charge is -2.27. The standard InChI is InChI=1S/C13H16N6O/c14-11-7-10(17-13(15)18-11)9-1-2-12(16-8-9)19-3-5-20-6-4-19/h1-2,7-8H,3-6H2,(H4,14,15,17,18). The number of nitrogen functional groups attached to an aromatic ring is 2. The van der Waals surface area contributed by atoms with Crippen LogP contribution in [-0.4, -0.2) is 41.3 Å². The molecule has 0 unspecified atom stereocenters. The second-order valence-corrected chi connectivity index (χ2v) is 4.54. The number of pyridine rings is 1. The highest BCUT2D eigenvalue weighted by Gasteiger charge is 2.12. The van der Waals surface area contributed by atoms with Gasteiger partial charge >= 0.3 is 0 Å². The molecule has 2 aromatic heterocycles.